The van der Waals surface area contributed by atoms with E-state index in [4.69, 9.17) is 4.42 Å². The first kappa shape index (κ1) is 19.4. The Labute approximate surface area is 169 Å². The van der Waals surface area contributed by atoms with Crippen LogP contribution >= 0.6 is 0 Å². The van der Waals surface area contributed by atoms with Gasteiger partial charge in [0.05, 0.1) is 6.54 Å². The first-order valence-electron chi connectivity index (χ1n) is 9.90. The van der Waals surface area contributed by atoms with Crippen molar-refractivity contribution in [2.24, 2.45) is 0 Å². The van der Waals surface area contributed by atoms with E-state index in [0.29, 0.717) is 17.8 Å². The molecular weight excluding hydrogens is 366 g/mol. The number of carbonyl (C=O) groups is 1. The Bertz CT molecular complexity index is 1050. The predicted molar refractivity (Wildman–Crippen MR) is 114 cm³/mol. The van der Waals surface area contributed by atoms with Crippen LogP contribution in [-0.4, -0.2) is 48.4 Å². The summed E-state index contributed by atoms with van der Waals surface area (Å²) in [5.74, 6) is -0.0594. The third-order valence-corrected chi connectivity index (χ3v) is 5.32. The van der Waals surface area contributed by atoms with Gasteiger partial charge in [0, 0.05) is 55.9 Å². The molecule has 0 aliphatic carbocycles. The van der Waals surface area contributed by atoms with Gasteiger partial charge in [-0.15, -0.1) is 0 Å². The van der Waals surface area contributed by atoms with Crippen molar-refractivity contribution in [1.29, 1.82) is 0 Å². The second kappa shape index (κ2) is 8.59. The summed E-state index contributed by atoms with van der Waals surface area (Å²) in [6, 6.07) is 17.3. The van der Waals surface area contributed by atoms with Crippen LogP contribution in [0.3, 0.4) is 0 Å². The van der Waals surface area contributed by atoms with E-state index in [0.717, 1.165) is 43.7 Å². The lowest BCUT2D eigenvalue weighted by molar-refractivity contribution is -0.117. The van der Waals surface area contributed by atoms with E-state index in [1.165, 1.54) is 11.6 Å². The van der Waals surface area contributed by atoms with E-state index in [1.54, 1.807) is 6.07 Å². The van der Waals surface area contributed by atoms with Gasteiger partial charge in [-0.25, -0.2) is 4.79 Å². The number of aryl methyl sites for hydroxylation is 1. The smallest absolute Gasteiger partial charge is 0.336 e. The number of anilines is 1. The highest BCUT2D eigenvalue weighted by Crippen LogP contribution is 2.20. The van der Waals surface area contributed by atoms with Gasteiger partial charge in [0.15, 0.2) is 0 Å². The average Bonchev–Trinajstić information content (AvgIpc) is 2.70. The van der Waals surface area contributed by atoms with E-state index in [9.17, 15) is 9.59 Å². The Kier molecular flexibility index (Phi) is 5.74. The van der Waals surface area contributed by atoms with Gasteiger partial charge in [-0.05, 0) is 30.2 Å². The second-order valence-corrected chi connectivity index (χ2v) is 7.55. The molecule has 1 saturated heterocycles. The summed E-state index contributed by atoms with van der Waals surface area (Å²) in [5, 5.41) is 3.79. The van der Waals surface area contributed by atoms with Gasteiger partial charge in [-0.1, -0.05) is 30.3 Å². The minimum atomic E-state index is -0.383. The van der Waals surface area contributed by atoms with Gasteiger partial charge in [0.1, 0.15) is 5.58 Å². The van der Waals surface area contributed by atoms with Crippen LogP contribution in [0.1, 0.15) is 11.1 Å². The Morgan fingerprint density at radius 2 is 1.72 bits per heavy atom. The molecule has 0 atom stereocenters. The molecule has 0 unspecified atom stereocenters. The monoisotopic (exact) mass is 391 g/mol. The maximum Gasteiger partial charge on any atom is 0.336 e. The highest BCUT2D eigenvalue weighted by Gasteiger charge is 2.19. The molecule has 0 saturated carbocycles. The van der Waals surface area contributed by atoms with Gasteiger partial charge in [0.25, 0.3) is 0 Å². The van der Waals surface area contributed by atoms with Gasteiger partial charge in [-0.3, -0.25) is 14.6 Å². The van der Waals surface area contributed by atoms with E-state index in [2.05, 4.69) is 39.4 Å². The number of rotatable bonds is 5. The minimum absolute atomic E-state index is 0.0594. The SMILES string of the molecule is Cc1cc(=O)oc2cc(NC(=O)CN3CCN(Cc4ccccc4)CC3)ccc12. The Morgan fingerprint density at radius 1 is 1.00 bits per heavy atom. The number of piperazine rings is 1. The molecule has 1 fully saturated rings. The van der Waals surface area contributed by atoms with Crippen molar-refractivity contribution in [3.8, 4) is 0 Å². The highest BCUT2D eigenvalue weighted by molar-refractivity contribution is 5.94. The van der Waals surface area contributed by atoms with Crippen molar-refractivity contribution in [2.75, 3.05) is 38.0 Å². The van der Waals surface area contributed by atoms with Crippen LogP contribution in [0.4, 0.5) is 5.69 Å². The summed E-state index contributed by atoms with van der Waals surface area (Å²) in [4.78, 5) is 28.6. The number of benzene rings is 2. The summed E-state index contributed by atoms with van der Waals surface area (Å²) in [7, 11) is 0. The van der Waals surface area contributed by atoms with Crippen molar-refractivity contribution in [3.63, 3.8) is 0 Å². The molecule has 6 heteroatoms. The standard InChI is InChI=1S/C23H25N3O3/c1-17-13-23(28)29-21-14-19(7-8-20(17)21)24-22(27)16-26-11-9-25(10-12-26)15-18-5-3-2-4-6-18/h2-8,13-14H,9-12,15-16H2,1H3,(H,24,27). The zero-order chi connectivity index (χ0) is 20.2. The third kappa shape index (κ3) is 4.91. The van der Waals surface area contributed by atoms with E-state index in [1.807, 2.05) is 25.1 Å². The molecule has 1 N–H and O–H groups in total. The fourth-order valence-corrected chi connectivity index (χ4v) is 3.75. The topological polar surface area (TPSA) is 65.8 Å². The summed E-state index contributed by atoms with van der Waals surface area (Å²) < 4.78 is 5.25. The van der Waals surface area contributed by atoms with Crippen LogP contribution in [0.5, 0.6) is 0 Å². The molecule has 0 radical (unpaired) electrons. The molecule has 4 rings (SSSR count). The van der Waals surface area contributed by atoms with Crippen molar-refractivity contribution in [1.82, 2.24) is 9.80 Å². The Morgan fingerprint density at radius 3 is 2.48 bits per heavy atom. The molecule has 1 aliphatic heterocycles. The number of fused-ring (bicyclic) bond motifs is 1. The van der Waals surface area contributed by atoms with Crippen molar-refractivity contribution >= 4 is 22.6 Å². The largest absolute Gasteiger partial charge is 0.423 e. The van der Waals surface area contributed by atoms with Crippen LogP contribution < -0.4 is 10.9 Å². The van der Waals surface area contributed by atoms with Gasteiger partial charge < -0.3 is 9.73 Å². The lowest BCUT2D eigenvalue weighted by atomic mass is 10.1. The first-order valence-corrected chi connectivity index (χ1v) is 9.90. The van der Waals surface area contributed by atoms with Gasteiger partial charge in [0.2, 0.25) is 5.91 Å². The zero-order valence-electron chi connectivity index (χ0n) is 16.6. The van der Waals surface area contributed by atoms with Crippen molar-refractivity contribution in [3.05, 3.63) is 76.1 Å². The maximum absolute atomic E-state index is 12.5. The van der Waals surface area contributed by atoms with Gasteiger partial charge in [-0.2, -0.15) is 0 Å². The molecule has 2 heterocycles. The highest BCUT2D eigenvalue weighted by atomic mass is 16.4. The number of carbonyl (C=O) groups excluding carboxylic acids is 1. The molecule has 29 heavy (non-hydrogen) atoms. The molecule has 0 spiro atoms. The van der Waals surface area contributed by atoms with Crippen LogP contribution in [0, 0.1) is 6.92 Å². The minimum Gasteiger partial charge on any atom is -0.423 e. The quantitative estimate of drug-likeness (QED) is 0.678. The third-order valence-electron chi connectivity index (χ3n) is 5.32. The van der Waals surface area contributed by atoms with Crippen LogP contribution in [0.15, 0.2) is 63.8 Å². The van der Waals surface area contributed by atoms with E-state index >= 15 is 0 Å². The molecular formula is C23H25N3O3. The summed E-state index contributed by atoms with van der Waals surface area (Å²) in [6.07, 6.45) is 0. The second-order valence-electron chi connectivity index (χ2n) is 7.55. The molecule has 1 aliphatic rings. The predicted octanol–water partition coefficient (Wildman–Crippen LogP) is 2.86. The first-order chi connectivity index (χ1) is 14.1. The summed E-state index contributed by atoms with van der Waals surface area (Å²) in [5.41, 5.74) is 2.92. The number of hydrogen-bond donors (Lipinski definition) is 1. The molecule has 6 nitrogen and oxygen atoms in total. The van der Waals surface area contributed by atoms with Crippen LogP contribution in [0.25, 0.3) is 11.0 Å². The Hall–Kier alpha value is -2.96. The molecule has 1 aromatic heterocycles. The zero-order valence-corrected chi connectivity index (χ0v) is 16.6. The molecule has 150 valence electrons. The van der Waals surface area contributed by atoms with Crippen molar-refractivity contribution in [2.45, 2.75) is 13.5 Å². The van der Waals surface area contributed by atoms with Crippen LogP contribution in [-0.2, 0) is 11.3 Å². The van der Waals surface area contributed by atoms with E-state index in [-0.39, 0.29) is 11.5 Å². The number of nitrogens with one attached hydrogen (secondary N) is 1. The van der Waals surface area contributed by atoms with Crippen LogP contribution in [0.2, 0.25) is 0 Å². The fraction of sp³-hybridized carbons (Fsp3) is 0.304. The number of hydrogen-bond acceptors (Lipinski definition) is 5. The molecule has 0 bridgehead atoms. The van der Waals surface area contributed by atoms with Gasteiger partial charge >= 0.3 is 5.63 Å². The average molecular weight is 391 g/mol. The normalized spacial score (nSPS) is 15.5. The lowest BCUT2D eigenvalue weighted by Gasteiger charge is -2.34. The van der Waals surface area contributed by atoms with E-state index < -0.39 is 0 Å². The molecule has 3 aromatic rings. The van der Waals surface area contributed by atoms with Crippen molar-refractivity contribution < 1.29 is 9.21 Å². The fourth-order valence-electron chi connectivity index (χ4n) is 3.75. The molecule has 2 aromatic carbocycles. The lowest BCUT2D eigenvalue weighted by Crippen LogP contribution is -2.48. The molecule has 1 amide bonds. The summed E-state index contributed by atoms with van der Waals surface area (Å²) >= 11 is 0. The Balaban J connectivity index is 1.30. The summed E-state index contributed by atoms with van der Waals surface area (Å²) in [6.45, 7) is 6.80. The number of nitrogens with zero attached hydrogens (tertiary/aromatic N) is 2. The number of amides is 1. The maximum atomic E-state index is 12.5.